The van der Waals surface area contributed by atoms with Gasteiger partial charge < -0.3 is 81.9 Å². The van der Waals surface area contributed by atoms with Gasteiger partial charge in [-0.2, -0.15) is 26.3 Å². The van der Waals surface area contributed by atoms with Crippen LogP contribution >= 0.6 is 0 Å². The summed E-state index contributed by atoms with van der Waals surface area (Å²) in [6.07, 6.45) is -11.6. The summed E-state index contributed by atoms with van der Waals surface area (Å²) in [4.78, 5) is 99.2. The van der Waals surface area contributed by atoms with Crippen molar-refractivity contribution in [2.24, 2.45) is 0 Å². The average molecular weight is 1770 g/mol. The van der Waals surface area contributed by atoms with Gasteiger partial charge in [-0.3, -0.25) is 38.6 Å². The second-order valence-electron chi connectivity index (χ2n) is 30.7. The largest absolute Gasteiger partial charge is 0.501 e. The molecule has 0 N–H and O–H groups in total. The number of imide groups is 2. The fourth-order valence-electron chi connectivity index (χ4n) is 15.7. The number of hydrogen-bond donors (Lipinski definition) is 0. The highest BCUT2D eigenvalue weighted by Crippen LogP contribution is 2.59. The lowest BCUT2D eigenvalue weighted by molar-refractivity contribution is -0.187. The Labute approximate surface area is 708 Å². The summed E-state index contributed by atoms with van der Waals surface area (Å²) in [5.74, 6) is -12.2. The molecular formula is C86H102F6N4O22Si4. The van der Waals surface area contributed by atoms with Gasteiger partial charge in [0, 0.05) is 179 Å². The van der Waals surface area contributed by atoms with E-state index in [1.165, 1.54) is 85.3 Å². The Morgan fingerprint density at radius 1 is 0.311 bits per heavy atom. The number of fused-ring (bicyclic) bond motifs is 2. The summed E-state index contributed by atoms with van der Waals surface area (Å²) in [7, 11) is 0.0446. The molecular weight excluding hydrogens is 1670 g/mol. The maximum atomic E-state index is 17.1. The van der Waals surface area contributed by atoms with Crippen LogP contribution in [0.1, 0.15) is 143 Å². The van der Waals surface area contributed by atoms with Crippen LogP contribution in [0.5, 0.6) is 46.0 Å². The van der Waals surface area contributed by atoms with Crippen LogP contribution in [0.3, 0.4) is 0 Å². The van der Waals surface area contributed by atoms with Crippen LogP contribution in [0.25, 0.3) is 43.1 Å². The van der Waals surface area contributed by atoms with Gasteiger partial charge in [-0.1, -0.05) is 104 Å². The number of amides is 6. The Kier molecular flexibility index (Phi) is 28.8. The highest BCUT2D eigenvalue weighted by Gasteiger charge is 2.60. The molecule has 11 rings (SSSR count). The van der Waals surface area contributed by atoms with Crippen molar-refractivity contribution in [1.29, 1.82) is 0 Å². The molecule has 26 nitrogen and oxygen atoms in total. The molecule has 0 aromatic heterocycles. The van der Waals surface area contributed by atoms with Gasteiger partial charge in [0.15, 0.2) is 0 Å². The van der Waals surface area contributed by atoms with Crippen molar-refractivity contribution < 1.29 is 127 Å². The number of hydrogen-bond acceptors (Lipinski definition) is 22. The van der Waals surface area contributed by atoms with Crippen molar-refractivity contribution in [3.8, 4) is 46.0 Å². The van der Waals surface area contributed by atoms with Crippen LogP contribution < -0.4 is 18.9 Å². The van der Waals surface area contributed by atoms with E-state index in [-0.39, 0.29) is 147 Å². The molecule has 0 spiro atoms. The molecule has 2 atom stereocenters. The standard InChI is InChI=1S/C86H102F6N4O22Si4/c1-49(2)53-25-21-29-57(41-53)115-65-45-61-69-62(80(98)95(79(61)97)77(85(87,88)89)83(101)93(33-37-119(103-9,104-10)105-11)34-38-120(106-12,107-13)108-14)47-67(117-59-31-23-27-55(43-59)51(5)6)73-74-68(118-60-32-24-28-56(44-60)52(7)8)48-64-70-63(46-66(72(76(70)74)71(65)75(69)73)116-58-30-22-26-54(42-58)50(3)4)81(99)96(82(64)100)78(86(90,91)92)84(102)94(35-39-121(109-15,110-16)111-17)36-40-122(112-18,113-19)114-20/h21-32,41-52,77-78H,33-40H2,1-20H3. The molecule has 0 fully saturated rings. The van der Waals surface area contributed by atoms with E-state index in [0.29, 0.717) is 22.3 Å². The van der Waals surface area contributed by atoms with Gasteiger partial charge in [0.05, 0.1) is 22.3 Å². The number of alkyl halides is 6. The molecule has 36 heteroatoms. The summed E-state index contributed by atoms with van der Waals surface area (Å²) in [5.41, 5.74) is 0.259. The highest BCUT2D eigenvalue weighted by molar-refractivity contribution is 6.62. The second-order valence-corrected chi connectivity index (χ2v) is 43.1. The first kappa shape index (κ1) is 93.4. The minimum Gasteiger partial charge on any atom is -0.457 e. The third-order valence-electron chi connectivity index (χ3n) is 22.7. The van der Waals surface area contributed by atoms with Gasteiger partial charge in [-0.15, -0.1) is 0 Å². The Morgan fingerprint density at radius 2 is 0.508 bits per heavy atom. The molecule has 2 heterocycles. The van der Waals surface area contributed by atoms with E-state index in [1.54, 1.807) is 72.8 Å². The Hall–Kier alpha value is -9.33. The molecule has 9 aromatic carbocycles. The van der Waals surface area contributed by atoms with Gasteiger partial charge in [0.1, 0.15) is 46.0 Å². The van der Waals surface area contributed by atoms with Gasteiger partial charge in [-0.05, 0) is 119 Å². The number of nitrogens with zero attached hydrogens (tertiary/aromatic N) is 4. The average Bonchev–Trinajstić information content (AvgIpc) is 0.668. The Balaban J connectivity index is 1.33. The highest BCUT2D eigenvalue weighted by atomic mass is 28.4. The number of halogens is 6. The van der Waals surface area contributed by atoms with Crippen molar-refractivity contribution >= 4 is 114 Å². The van der Waals surface area contributed by atoms with Gasteiger partial charge in [0.25, 0.3) is 35.4 Å². The van der Waals surface area contributed by atoms with Crippen LogP contribution in [0.15, 0.2) is 121 Å². The minimum atomic E-state index is -5.78. The summed E-state index contributed by atoms with van der Waals surface area (Å²) >= 11 is 0. The fraction of sp³-hybridized carbons (Fsp3) is 0.419. The van der Waals surface area contributed by atoms with Crippen LogP contribution in [0, 0.1) is 0 Å². The molecule has 0 aliphatic carbocycles. The molecule has 0 saturated heterocycles. The molecule has 0 bridgehead atoms. The third kappa shape index (κ3) is 18.2. The topological polar surface area (TPSA) is 263 Å². The van der Waals surface area contributed by atoms with E-state index in [0.717, 1.165) is 34.1 Å². The maximum absolute atomic E-state index is 17.1. The number of carbonyl (C=O) groups excluding carboxylic acids is 6. The number of rotatable bonds is 40. The van der Waals surface area contributed by atoms with Crippen LogP contribution in [0.2, 0.25) is 24.2 Å². The van der Waals surface area contributed by atoms with Crippen LogP contribution in [-0.4, -0.2) is 226 Å². The van der Waals surface area contributed by atoms with Crippen molar-refractivity contribution in [1.82, 2.24) is 19.6 Å². The van der Waals surface area contributed by atoms with E-state index >= 15 is 55.1 Å². The molecule has 656 valence electrons. The van der Waals surface area contributed by atoms with Crippen molar-refractivity contribution in [3.63, 3.8) is 0 Å². The fourth-order valence-corrected chi connectivity index (χ4v) is 22.3. The smallest absolute Gasteiger partial charge is 0.457 e. The van der Waals surface area contributed by atoms with E-state index < -0.39 is 144 Å². The second kappa shape index (κ2) is 37.6. The molecule has 0 radical (unpaired) electrons. The normalized spacial score (nSPS) is 14.3. The van der Waals surface area contributed by atoms with Crippen LogP contribution in [0.4, 0.5) is 26.3 Å². The molecule has 0 saturated carbocycles. The number of ether oxygens (including phenoxy) is 4. The molecule has 6 amide bonds. The monoisotopic (exact) mass is 1770 g/mol. The van der Waals surface area contributed by atoms with E-state index in [9.17, 15) is 0 Å². The molecule has 2 unspecified atom stereocenters. The summed E-state index contributed by atoms with van der Waals surface area (Å²) < 4.78 is 199. The van der Waals surface area contributed by atoms with Crippen molar-refractivity contribution in [2.75, 3.05) is 111 Å². The lowest BCUT2D eigenvalue weighted by atomic mass is 9.80. The van der Waals surface area contributed by atoms with Gasteiger partial charge >= 0.3 is 47.6 Å². The predicted octanol–water partition coefficient (Wildman–Crippen LogP) is 17.6. The van der Waals surface area contributed by atoms with E-state index in [1.807, 2.05) is 79.7 Å². The predicted molar refractivity (Wildman–Crippen MR) is 450 cm³/mol. The molecule has 2 aliphatic heterocycles. The molecule has 2 aliphatic rings. The Morgan fingerprint density at radius 3 is 0.680 bits per heavy atom. The lowest BCUT2D eigenvalue weighted by Gasteiger charge is -2.39. The van der Waals surface area contributed by atoms with E-state index in [2.05, 4.69) is 0 Å². The summed E-state index contributed by atoms with van der Waals surface area (Å²) in [5, 5.41) is -1.62. The third-order valence-corrected chi connectivity index (χ3v) is 33.5. The minimum absolute atomic E-state index is 0.0615. The zero-order valence-electron chi connectivity index (χ0n) is 71.7. The zero-order valence-corrected chi connectivity index (χ0v) is 75.7. The lowest BCUT2D eigenvalue weighted by Crippen LogP contribution is -2.61. The zero-order chi connectivity index (χ0) is 89.2. The van der Waals surface area contributed by atoms with Crippen LogP contribution in [-0.2, 0) is 62.7 Å². The number of benzene rings is 9. The Bertz CT molecular complexity index is 4750. The van der Waals surface area contributed by atoms with Crippen molar-refractivity contribution in [3.05, 3.63) is 166 Å². The number of carbonyl (C=O) groups is 6. The van der Waals surface area contributed by atoms with Gasteiger partial charge in [-0.25, -0.2) is 0 Å². The molecule has 9 aromatic rings. The van der Waals surface area contributed by atoms with Gasteiger partial charge in [0.2, 0.25) is 12.1 Å². The maximum Gasteiger partial charge on any atom is 0.501 e. The first-order valence-corrected chi connectivity index (χ1v) is 47.1. The SMILES string of the molecule is CO[Si](CCN(CC[Si](OC)(OC)OC)C(=O)C(N1C(=O)c2cc(Oc3cccc(C(C)C)c3)c3c4c(Oc5cccc(C(C)C)c5)cc5c6c(cc(Oc7cccc(C(C)C)c7)c(c7c(Oc8cccc(C(C)C)c8)cc(c2c37)C1=O)c64)C(=O)N(C(C(=O)N(CC[Si](OC)(OC)OC)CC[Si](OC)(OC)OC)C(F)(F)F)C5=O)C(F)(F)F)(OC)OC. The first-order chi connectivity index (χ1) is 57.8. The molecule has 122 heavy (non-hydrogen) atoms. The van der Waals surface area contributed by atoms with Crippen molar-refractivity contribution in [2.45, 2.75) is 128 Å². The first-order valence-electron chi connectivity index (χ1n) is 39.4. The van der Waals surface area contributed by atoms with E-state index in [4.69, 9.17) is 72.1 Å². The quantitative estimate of drug-likeness (QED) is 0.0114. The summed E-state index contributed by atoms with van der Waals surface area (Å²) in [6.45, 7) is 12.9. The summed E-state index contributed by atoms with van der Waals surface area (Å²) in [6, 6.07) is 22.8.